The molecule has 3 aromatic rings. The molecule has 0 aliphatic heterocycles. The molecule has 1 aliphatic rings. The molecule has 27 heavy (non-hydrogen) atoms. The molecule has 0 saturated carbocycles. The number of benzene rings is 1. The molecule has 2 aromatic heterocycles. The van der Waals surface area contributed by atoms with Gasteiger partial charge in [0.2, 0.25) is 0 Å². The summed E-state index contributed by atoms with van der Waals surface area (Å²) in [5.41, 5.74) is 1.90. The molecule has 0 N–H and O–H groups in total. The Kier molecular flexibility index (Phi) is 4.70. The Morgan fingerprint density at radius 3 is 2.74 bits per heavy atom. The molecule has 0 fully saturated rings. The van der Waals surface area contributed by atoms with Crippen molar-refractivity contribution in [3.63, 3.8) is 0 Å². The Labute approximate surface area is 161 Å². The van der Waals surface area contributed by atoms with Crippen molar-refractivity contribution in [1.82, 2.24) is 9.66 Å². The summed E-state index contributed by atoms with van der Waals surface area (Å²) >= 11 is 1.65. The van der Waals surface area contributed by atoms with Crippen molar-refractivity contribution in [2.24, 2.45) is 5.10 Å². The molecule has 0 saturated heterocycles. The number of thiophene rings is 1. The number of nitrogens with zero attached hydrogens (tertiary/aromatic N) is 3. The van der Waals surface area contributed by atoms with Gasteiger partial charge in [-0.2, -0.15) is 9.78 Å². The smallest absolute Gasteiger partial charge is 0.283 e. The van der Waals surface area contributed by atoms with Crippen molar-refractivity contribution in [2.75, 3.05) is 14.2 Å². The summed E-state index contributed by atoms with van der Waals surface area (Å²) in [5, 5.41) is 5.15. The van der Waals surface area contributed by atoms with Crippen molar-refractivity contribution < 1.29 is 9.47 Å². The lowest BCUT2D eigenvalue weighted by molar-refractivity contribution is 0.355. The maximum Gasteiger partial charge on any atom is 0.283 e. The fourth-order valence-electron chi connectivity index (χ4n) is 3.49. The second-order valence-electron chi connectivity index (χ2n) is 6.53. The Morgan fingerprint density at radius 2 is 1.96 bits per heavy atom. The molecule has 0 atom stereocenters. The van der Waals surface area contributed by atoms with Gasteiger partial charge in [-0.1, -0.05) is 0 Å². The van der Waals surface area contributed by atoms with Crippen molar-refractivity contribution in [3.8, 4) is 11.5 Å². The van der Waals surface area contributed by atoms with E-state index in [-0.39, 0.29) is 5.56 Å². The van der Waals surface area contributed by atoms with Crippen LogP contribution in [0, 0.1) is 6.92 Å². The predicted octanol–water partition coefficient (Wildman–Crippen LogP) is 3.54. The lowest BCUT2D eigenvalue weighted by Crippen LogP contribution is -2.21. The average molecular weight is 383 g/mol. The Hall–Kier alpha value is -2.67. The molecule has 7 heteroatoms. The van der Waals surface area contributed by atoms with E-state index in [1.807, 2.05) is 25.1 Å². The van der Waals surface area contributed by atoms with Gasteiger partial charge in [0.25, 0.3) is 5.56 Å². The third-order valence-electron chi connectivity index (χ3n) is 4.86. The first-order valence-corrected chi connectivity index (χ1v) is 9.74. The van der Waals surface area contributed by atoms with Gasteiger partial charge in [-0.3, -0.25) is 4.79 Å². The lowest BCUT2D eigenvalue weighted by atomic mass is 9.97. The van der Waals surface area contributed by atoms with Crippen LogP contribution in [-0.4, -0.2) is 30.1 Å². The summed E-state index contributed by atoms with van der Waals surface area (Å²) in [6, 6.07) is 5.50. The van der Waals surface area contributed by atoms with Crippen LogP contribution in [0.15, 0.2) is 28.1 Å². The third kappa shape index (κ3) is 3.12. The molecule has 2 heterocycles. The Morgan fingerprint density at radius 1 is 1.19 bits per heavy atom. The SMILES string of the molecule is COc1ccc(C=Nn2c(C)nc3sc4c(c3c2=O)CCCC4)cc1OC. The van der Waals surface area contributed by atoms with Crippen molar-refractivity contribution in [1.29, 1.82) is 0 Å². The monoisotopic (exact) mass is 383 g/mol. The third-order valence-corrected chi connectivity index (χ3v) is 6.04. The van der Waals surface area contributed by atoms with Gasteiger partial charge < -0.3 is 9.47 Å². The van der Waals surface area contributed by atoms with E-state index in [2.05, 4.69) is 10.1 Å². The fourth-order valence-corrected chi connectivity index (χ4v) is 4.79. The summed E-state index contributed by atoms with van der Waals surface area (Å²) in [4.78, 5) is 19.9. The number of fused-ring (bicyclic) bond motifs is 3. The molecule has 4 rings (SSSR count). The maximum atomic E-state index is 13.1. The van der Waals surface area contributed by atoms with Gasteiger partial charge in [0, 0.05) is 4.88 Å². The number of methoxy groups -OCH3 is 2. The number of aryl methyl sites for hydroxylation is 3. The standard InChI is InChI=1S/C20H21N3O3S/c1-12-22-19-18(14-6-4-5-7-17(14)27-19)20(24)23(12)21-11-13-8-9-15(25-2)16(10-13)26-3/h8-11H,4-7H2,1-3H3. The molecule has 0 bridgehead atoms. The highest BCUT2D eigenvalue weighted by Gasteiger charge is 2.21. The summed E-state index contributed by atoms with van der Waals surface area (Å²) in [6.45, 7) is 1.81. The second-order valence-corrected chi connectivity index (χ2v) is 7.61. The molecular formula is C20H21N3O3S. The molecule has 140 valence electrons. The van der Waals surface area contributed by atoms with Gasteiger partial charge in [-0.15, -0.1) is 11.3 Å². The highest BCUT2D eigenvalue weighted by atomic mass is 32.1. The van der Waals surface area contributed by atoms with E-state index in [0.717, 1.165) is 35.0 Å². The Bertz CT molecular complexity index is 1100. The van der Waals surface area contributed by atoms with Gasteiger partial charge in [-0.05, 0) is 61.9 Å². The van der Waals surface area contributed by atoms with Crippen molar-refractivity contribution in [2.45, 2.75) is 32.6 Å². The molecule has 1 aromatic carbocycles. The first kappa shape index (κ1) is 17.7. The highest BCUT2D eigenvalue weighted by molar-refractivity contribution is 7.18. The zero-order chi connectivity index (χ0) is 19.0. The van der Waals surface area contributed by atoms with Crippen LogP contribution in [0.4, 0.5) is 0 Å². The summed E-state index contributed by atoms with van der Waals surface area (Å²) in [6.07, 6.45) is 5.95. The van der Waals surface area contributed by atoms with Crippen LogP contribution in [0.5, 0.6) is 11.5 Å². The number of hydrogen-bond acceptors (Lipinski definition) is 6. The summed E-state index contributed by atoms with van der Waals surface area (Å²) in [5.74, 6) is 1.85. The van der Waals surface area contributed by atoms with Gasteiger partial charge in [-0.25, -0.2) is 4.98 Å². The first-order chi connectivity index (χ1) is 13.1. The zero-order valence-electron chi connectivity index (χ0n) is 15.6. The number of aromatic nitrogens is 2. The quantitative estimate of drug-likeness (QED) is 0.647. The van der Waals surface area contributed by atoms with Gasteiger partial charge in [0.15, 0.2) is 11.5 Å². The van der Waals surface area contributed by atoms with E-state index in [4.69, 9.17) is 9.47 Å². The average Bonchev–Trinajstić information content (AvgIpc) is 3.05. The van der Waals surface area contributed by atoms with Crippen LogP contribution < -0.4 is 15.0 Å². The van der Waals surface area contributed by atoms with Crippen LogP contribution in [-0.2, 0) is 12.8 Å². The van der Waals surface area contributed by atoms with E-state index < -0.39 is 0 Å². The molecular weight excluding hydrogens is 362 g/mol. The second kappa shape index (κ2) is 7.15. The largest absolute Gasteiger partial charge is 0.493 e. The molecule has 0 spiro atoms. The normalized spacial score (nSPS) is 13.9. The predicted molar refractivity (Wildman–Crippen MR) is 108 cm³/mol. The van der Waals surface area contributed by atoms with Crippen LogP contribution >= 0.6 is 11.3 Å². The van der Waals surface area contributed by atoms with Crippen molar-refractivity contribution >= 4 is 27.8 Å². The van der Waals surface area contributed by atoms with Gasteiger partial charge in [0.05, 0.1) is 25.8 Å². The lowest BCUT2D eigenvalue weighted by Gasteiger charge is -2.10. The van der Waals surface area contributed by atoms with E-state index in [9.17, 15) is 4.79 Å². The molecule has 1 aliphatic carbocycles. The number of hydrogen-bond donors (Lipinski definition) is 0. The molecule has 0 unspecified atom stereocenters. The van der Waals surface area contributed by atoms with Crippen LogP contribution in [0.1, 0.15) is 34.7 Å². The molecule has 6 nitrogen and oxygen atoms in total. The highest BCUT2D eigenvalue weighted by Crippen LogP contribution is 2.33. The minimum absolute atomic E-state index is 0.0892. The first-order valence-electron chi connectivity index (χ1n) is 8.92. The van der Waals surface area contributed by atoms with Gasteiger partial charge >= 0.3 is 0 Å². The maximum absolute atomic E-state index is 13.1. The van der Waals surface area contributed by atoms with Crippen LogP contribution in [0.25, 0.3) is 10.2 Å². The minimum atomic E-state index is -0.0892. The topological polar surface area (TPSA) is 65.7 Å². The number of rotatable bonds is 4. The van der Waals surface area contributed by atoms with E-state index in [1.54, 1.807) is 31.8 Å². The fraction of sp³-hybridized carbons (Fsp3) is 0.350. The van der Waals surface area contributed by atoms with Crippen molar-refractivity contribution in [3.05, 3.63) is 50.4 Å². The van der Waals surface area contributed by atoms with E-state index in [0.29, 0.717) is 17.3 Å². The zero-order valence-corrected chi connectivity index (χ0v) is 16.4. The molecule has 0 amide bonds. The van der Waals surface area contributed by atoms with Crippen LogP contribution in [0.3, 0.4) is 0 Å². The Balaban J connectivity index is 1.78. The van der Waals surface area contributed by atoms with Gasteiger partial charge in [0.1, 0.15) is 10.7 Å². The summed E-state index contributed by atoms with van der Waals surface area (Å²) < 4.78 is 12.0. The van der Waals surface area contributed by atoms with E-state index in [1.165, 1.54) is 21.5 Å². The van der Waals surface area contributed by atoms with E-state index >= 15 is 0 Å². The van der Waals surface area contributed by atoms with Crippen LogP contribution in [0.2, 0.25) is 0 Å². The molecule has 0 radical (unpaired) electrons. The summed E-state index contributed by atoms with van der Waals surface area (Å²) in [7, 11) is 3.18. The minimum Gasteiger partial charge on any atom is -0.493 e. The number of ether oxygens (including phenoxy) is 2.